The van der Waals surface area contributed by atoms with Gasteiger partial charge in [0, 0.05) is 57.6 Å². The molecule has 2 aromatic carbocycles. The van der Waals surface area contributed by atoms with E-state index in [4.69, 9.17) is 0 Å². The lowest BCUT2D eigenvalue weighted by molar-refractivity contribution is -0.118. The molecule has 0 aliphatic carbocycles. The molecule has 4 heteroatoms. The van der Waals surface area contributed by atoms with Gasteiger partial charge in [-0.2, -0.15) is 0 Å². The van der Waals surface area contributed by atoms with Crippen LogP contribution in [0.2, 0.25) is 0 Å². The normalized spacial score (nSPS) is 18.0. The highest BCUT2D eigenvalue weighted by Gasteiger charge is 2.20. The van der Waals surface area contributed by atoms with E-state index < -0.39 is 0 Å². The number of carbonyl (C=O) groups is 1. The molecule has 0 aromatic heterocycles. The summed E-state index contributed by atoms with van der Waals surface area (Å²) in [6, 6.07) is 15.2. The predicted octanol–water partition coefficient (Wildman–Crippen LogP) is 3.74. The van der Waals surface area contributed by atoms with Gasteiger partial charge in [-0.25, -0.2) is 0 Å². The molecule has 4 rings (SSSR count). The summed E-state index contributed by atoms with van der Waals surface area (Å²) >= 11 is 0. The van der Waals surface area contributed by atoms with Crippen LogP contribution in [0.25, 0.3) is 6.08 Å². The third-order valence-electron chi connectivity index (χ3n) is 5.86. The molecule has 1 amide bonds. The number of piperazine rings is 1. The van der Waals surface area contributed by atoms with Gasteiger partial charge in [-0.05, 0) is 54.3 Å². The molecular formula is C24H29N3O. The van der Waals surface area contributed by atoms with Gasteiger partial charge in [0.05, 0.1) is 0 Å². The monoisotopic (exact) mass is 375 g/mol. The third kappa shape index (κ3) is 4.12. The van der Waals surface area contributed by atoms with Crippen molar-refractivity contribution in [1.29, 1.82) is 0 Å². The molecule has 1 fully saturated rings. The van der Waals surface area contributed by atoms with Crippen LogP contribution < -0.4 is 9.80 Å². The fourth-order valence-electron chi connectivity index (χ4n) is 4.13. The average Bonchev–Trinajstić information content (AvgIpc) is 2.71. The van der Waals surface area contributed by atoms with Crippen molar-refractivity contribution in [2.45, 2.75) is 19.8 Å². The SMILES string of the molecule is Cc1cccc(N2CCN(C/C=C/c3ccc4c(c3)CCC(=O)N4C)CC2)c1. The predicted molar refractivity (Wildman–Crippen MR) is 117 cm³/mol. The van der Waals surface area contributed by atoms with Crippen LogP contribution in [0.3, 0.4) is 0 Å². The van der Waals surface area contributed by atoms with Crippen molar-refractivity contribution < 1.29 is 4.79 Å². The largest absolute Gasteiger partial charge is 0.369 e. The maximum absolute atomic E-state index is 11.8. The van der Waals surface area contributed by atoms with Crippen LogP contribution in [-0.4, -0.2) is 50.6 Å². The number of amides is 1. The van der Waals surface area contributed by atoms with Crippen molar-refractivity contribution in [3.05, 3.63) is 65.2 Å². The molecule has 2 aliphatic rings. The van der Waals surface area contributed by atoms with E-state index in [9.17, 15) is 4.79 Å². The number of nitrogens with zero attached hydrogens (tertiary/aromatic N) is 3. The van der Waals surface area contributed by atoms with Crippen molar-refractivity contribution in [2.24, 2.45) is 0 Å². The highest BCUT2D eigenvalue weighted by molar-refractivity contribution is 5.96. The topological polar surface area (TPSA) is 26.8 Å². The van der Waals surface area contributed by atoms with Crippen molar-refractivity contribution in [2.75, 3.05) is 49.6 Å². The van der Waals surface area contributed by atoms with E-state index in [2.05, 4.69) is 71.3 Å². The Morgan fingerprint density at radius 1 is 1.00 bits per heavy atom. The molecule has 2 aromatic rings. The molecule has 0 spiro atoms. The Morgan fingerprint density at radius 3 is 2.61 bits per heavy atom. The summed E-state index contributed by atoms with van der Waals surface area (Å²) in [5.41, 5.74) is 6.22. The Kier molecular flexibility index (Phi) is 5.49. The van der Waals surface area contributed by atoms with Crippen LogP contribution in [0.4, 0.5) is 11.4 Å². The zero-order chi connectivity index (χ0) is 19.5. The first kappa shape index (κ1) is 18.8. The number of aryl methyl sites for hydroxylation is 2. The Bertz CT molecular complexity index is 881. The number of anilines is 2. The molecule has 4 nitrogen and oxygen atoms in total. The Balaban J connectivity index is 1.31. The van der Waals surface area contributed by atoms with Gasteiger partial charge in [0.25, 0.3) is 0 Å². The zero-order valence-electron chi connectivity index (χ0n) is 16.9. The van der Waals surface area contributed by atoms with E-state index in [1.165, 1.54) is 22.4 Å². The summed E-state index contributed by atoms with van der Waals surface area (Å²) in [5.74, 6) is 0.209. The van der Waals surface area contributed by atoms with E-state index in [1.807, 2.05) is 7.05 Å². The number of hydrogen-bond acceptors (Lipinski definition) is 3. The van der Waals surface area contributed by atoms with E-state index in [-0.39, 0.29) is 5.91 Å². The minimum atomic E-state index is 0.209. The molecule has 2 heterocycles. The summed E-state index contributed by atoms with van der Waals surface area (Å²) in [6.45, 7) is 7.48. The molecule has 146 valence electrons. The molecule has 0 atom stereocenters. The number of hydrogen-bond donors (Lipinski definition) is 0. The van der Waals surface area contributed by atoms with Crippen molar-refractivity contribution in [1.82, 2.24) is 4.90 Å². The fourth-order valence-corrected chi connectivity index (χ4v) is 4.13. The molecule has 0 bridgehead atoms. The first-order chi connectivity index (χ1) is 13.6. The highest BCUT2D eigenvalue weighted by atomic mass is 16.2. The summed E-state index contributed by atoms with van der Waals surface area (Å²) in [7, 11) is 1.87. The Hall–Kier alpha value is -2.59. The van der Waals surface area contributed by atoms with Gasteiger partial charge in [-0.15, -0.1) is 0 Å². The second kappa shape index (κ2) is 8.19. The molecule has 0 radical (unpaired) electrons. The highest BCUT2D eigenvalue weighted by Crippen LogP contribution is 2.28. The number of benzene rings is 2. The van der Waals surface area contributed by atoms with Crippen molar-refractivity contribution in [3.8, 4) is 0 Å². The molecule has 0 saturated carbocycles. The van der Waals surface area contributed by atoms with E-state index >= 15 is 0 Å². The van der Waals surface area contributed by atoms with Crippen LogP contribution >= 0.6 is 0 Å². The molecular weight excluding hydrogens is 346 g/mol. The van der Waals surface area contributed by atoms with Gasteiger partial charge in [0.15, 0.2) is 0 Å². The molecule has 0 N–H and O–H groups in total. The van der Waals surface area contributed by atoms with Gasteiger partial charge in [0.2, 0.25) is 5.91 Å². The van der Waals surface area contributed by atoms with Crippen LogP contribution in [0.15, 0.2) is 48.5 Å². The minimum absolute atomic E-state index is 0.209. The fraction of sp³-hybridized carbons (Fsp3) is 0.375. The van der Waals surface area contributed by atoms with E-state index in [0.717, 1.165) is 44.8 Å². The first-order valence-electron chi connectivity index (χ1n) is 10.2. The first-order valence-corrected chi connectivity index (χ1v) is 10.2. The second-order valence-electron chi connectivity index (χ2n) is 7.87. The van der Waals surface area contributed by atoms with Crippen LogP contribution in [0.1, 0.15) is 23.1 Å². The smallest absolute Gasteiger partial charge is 0.227 e. The average molecular weight is 376 g/mol. The van der Waals surface area contributed by atoms with Crippen molar-refractivity contribution >= 4 is 23.4 Å². The maximum atomic E-state index is 11.8. The Labute approximate surface area is 168 Å². The third-order valence-corrected chi connectivity index (χ3v) is 5.86. The van der Waals surface area contributed by atoms with Crippen LogP contribution in [0, 0.1) is 6.92 Å². The lowest BCUT2D eigenvalue weighted by Gasteiger charge is -2.35. The van der Waals surface area contributed by atoms with Gasteiger partial charge >= 0.3 is 0 Å². The Morgan fingerprint density at radius 2 is 1.82 bits per heavy atom. The minimum Gasteiger partial charge on any atom is -0.369 e. The molecule has 1 saturated heterocycles. The summed E-state index contributed by atoms with van der Waals surface area (Å²) in [5, 5.41) is 0. The van der Waals surface area contributed by atoms with Gasteiger partial charge in [0.1, 0.15) is 0 Å². The number of rotatable bonds is 4. The second-order valence-corrected chi connectivity index (χ2v) is 7.87. The number of carbonyl (C=O) groups excluding carboxylic acids is 1. The number of fused-ring (bicyclic) bond motifs is 1. The summed E-state index contributed by atoms with van der Waals surface area (Å²) < 4.78 is 0. The summed E-state index contributed by atoms with van der Waals surface area (Å²) in [4.78, 5) is 18.6. The molecule has 2 aliphatic heterocycles. The lowest BCUT2D eigenvalue weighted by atomic mass is 9.99. The standard InChI is InChI=1S/C24H29N3O/c1-19-5-3-7-22(17-19)27-15-13-26(14-16-27)12-4-6-20-8-10-23-21(18-20)9-11-24(28)25(23)2/h3-8,10,17-18H,9,11-16H2,1-2H3/b6-4+. The lowest BCUT2D eigenvalue weighted by Crippen LogP contribution is -2.46. The zero-order valence-corrected chi connectivity index (χ0v) is 16.9. The van der Waals surface area contributed by atoms with E-state index in [1.54, 1.807) is 4.90 Å². The van der Waals surface area contributed by atoms with Gasteiger partial charge in [-0.3, -0.25) is 9.69 Å². The van der Waals surface area contributed by atoms with E-state index in [0.29, 0.717) is 6.42 Å². The van der Waals surface area contributed by atoms with Crippen LogP contribution in [0.5, 0.6) is 0 Å². The van der Waals surface area contributed by atoms with Crippen molar-refractivity contribution in [3.63, 3.8) is 0 Å². The molecule has 28 heavy (non-hydrogen) atoms. The molecule has 0 unspecified atom stereocenters. The quantitative estimate of drug-likeness (QED) is 0.815. The van der Waals surface area contributed by atoms with Gasteiger partial charge in [-0.1, -0.05) is 30.4 Å². The van der Waals surface area contributed by atoms with Gasteiger partial charge < -0.3 is 9.80 Å². The van der Waals surface area contributed by atoms with Crippen LogP contribution in [-0.2, 0) is 11.2 Å². The summed E-state index contributed by atoms with van der Waals surface area (Å²) in [6.07, 6.45) is 5.94. The maximum Gasteiger partial charge on any atom is 0.227 e.